The van der Waals surface area contributed by atoms with Gasteiger partial charge in [0.25, 0.3) is 0 Å². The fourth-order valence-corrected chi connectivity index (χ4v) is 2.08. The second-order valence-corrected chi connectivity index (χ2v) is 3.80. The molecule has 0 spiro atoms. The van der Waals surface area contributed by atoms with E-state index in [0.29, 0.717) is 5.33 Å². The molecule has 0 unspecified atom stereocenters. The van der Waals surface area contributed by atoms with Crippen LogP contribution in [0.25, 0.3) is 10.9 Å². The first-order valence-electron chi connectivity index (χ1n) is 4.40. The van der Waals surface area contributed by atoms with Crippen molar-refractivity contribution in [1.29, 1.82) is 0 Å². The zero-order valence-corrected chi connectivity index (χ0v) is 9.39. The van der Waals surface area contributed by atoms with Crippen molar-refractivity contribution in [3.63, 3.8) is 0 Å². The maximum absolute atomic E-state index is 11.9. The van der Waals surface area contributed by atoms with Gasteiger partial charge in [-0.3, -0.25) is 4.79 Å². The van der Waals surface area contributed by atoms with E-state index < -0.39 is 0 Å². The maximum atomic E-state index is 11.9. The number of aromatic amines is 1. The number of rotatable bonds is 1. The van der Waals surface area contributed by atoms with Crippen LogP contribution < -0.4 is 5.43 Å². The van der Waals surface area contributed by atoms with Gasteiger partial charge in [-0.15, -0.1) is 0 Å². The third-order valence-corrected chi connectivity index (χ3v) is 2.94. The summed E-state index contributed by atoms with van der Waals surface area (Å²) in [5.41, 5.74) is 2.76. The minimum Gasteiger partial charge on any atom is -0.357 e. The largest absolute Gasteiger partial charge is 0.357 e. The molecule has 1 heterocycles. The first kappa shape index (κ1) is 9.46. The van der Waals surface area contributed by atoms with Crippen LogP contribution in [-0.2, 0) is 5.33 Å². The van der Waals surface area contributed by atoms with Gasteiger partial charge >= 0.3 is 0 Å². The highest BCUT2D eigenvalue weighted by atomic mass is 79.9. The summed E-state index contributed by atoms with van der Waals surface area (Å²) in [6.45, 7) is 1.85. The van der Waals surface area contributed by atoms with Gasteiger partial charge in [-0.25, -0.2) is 0 Å². The lowest BCUT2D eigenvalue weighted by molar-refractivity contribution is 1.16. The highest BCUT2D eigenvalue weighted by Crippen LogP contribution is 2.12. The Morgan fingerprint density at radius 1 is 1.36 bits per heavy atom. The highest BCUT2D eigenvalue weighted by Gasteiger charge is 2.05. The quantitative estimate of drug-likeness (QED) is 0.777. The van der Waals surface area contributed by atoms with Crippen LogP contribution in [0, 0.1) is 6.92 Å². The number of H-pyrrole nitrogens is 1. The number of pyridine rings is 1. The number of fused-ring (bicyclic) bond motifs is 1. The summed E-state index contributed by atoms with van der Waals surface area (Å²) >= 11 is 3.36. The lowest BCUT2D eigenvalue weighted by Crippen LogP contribution is -2.10. The smallest absolute Gasteiger partial charge is 0.192 e. The van der Waals surface area contributed by atoms with E-state index in [2.05, 4.69) is 20.9 Å². The van der Waals surface area contributed by atoms with E-state index in [1.807, 2.05) is 31.2 Å². The summed E-state index contributed by atoms with van der Waals surface area (Å²) in [7, 11) is 0. The van der Waals surface area contributed by atoms with Crippen LogP contribution in [0.2, 0.25) is 0 Å². The number of alkyl halides is 1. The molecule has 2 aromatic rings. The second-order valence-electron chi connectivity index (χ2n) is 3.24. The van der Waals surface area contributed by atoms with E-state index in [0.717, 1.165) is 22.2 Å². The Bertz CT molecular complexity index is 530. The molecular weight excluding hydrogens is 242 g/mol. The number of benzene rings is 1. The monoisotopic (exact) mass is 251 g/mol. The van der Waals surface area contributed by atoms with Crippen molar-refractivity contribution >= 4 is 26.8 Å². The zero-order valence-electron chi connectivity index (χ0n) is 7.80. The van der Waals surface area contributed by atoms with E-state index in [1.165, 1.54) is 0 Å². The molecule has 0 aliphatic rings. The number of para-hydroxylation sites is 1. The molecule has 1 aromatic heterocycles. The van der Waals surface area contributed by atoms with Crippen LogP contribution in [0.1, 0.15) is 11.3 Å². The van der Waals surface area contributed by atoms with Crippen LogP contribution in [-0.4, -0.2) is 4.98 Å². The molecule has 72 valence electrons. The number of nitrogens with one attached hydrogen (secondary N) is 1. The molecule has 0 aliphatic heterocycles. The Hall–Kier alpha value is -1.09. The fourth-order valence-electron chi connectivity index (χ4n) is 1.52. The van der Waals surface area contributed by atoms with Gasteiger partial charge in [0.2, 0.25) is 0 Å². The second kappa shape index (κ2) is 3.58. The molecule has 2 rings (SSSR count). The Kier molecular flexibility index (Phi) is 2.42. The number of hydrogen-bond acceptors (Lipinski definition) is 1. The Balaban J connectivity index is 2.92. The molecule has 0 amide bonds. The first-order chi connectivity index (χ1) is 6.74. The SMILES string of the molecule is Cc1c(CBr)[nH]c2ccccc2c1=O. The van der Waals surface area contributed by atoms with Crippen molar-refractivity contribution in [2.45, 2.75) is 12.3 Å². The molecule has 0 atom stereocenters. The number of aromatic nitrogens is 1. The third-order valence-electron chi connectivity index (χ3n) is 2.38. The van der Waals surface area contributed by atoms with Gasteiger partial charge in [0, 0.05) is 27.5 Å². The topological polar surface area (TPSA) is 32.9 Å². The van der Waals surface area contributed by atoms with Gasteiger partial charge in [-0.1, -0.05) is 28.1 Å². The van der Waals surface area contributed by atoms with Gasteiger partial charge in [0.1, 0.15) is 0 Å². The van der Waals surface area contributed by atoms with Crippen molar-refractivity contribution < 1.29 is 0 Å². The van der Waals surface area contributed by atoms with Gasteiger partial charge in [0.15, 0.2) is 5.43 Å². The molecule has 0 aliphatic carbocycles. The third kappa shape index (κ3) is 1.38. The zero-order chi connectivity index (χ0) is 10.1. The van der Waals surface area contributed by atoms with Crippen LogP contribution in [0.15, 0.2) is 29.1 Å². The van der Waals surface area contributed by atoms with Crippen LogP contribution in [0.5, 0.6) is 0 Å². The molecule has 0 saturated heterocycles. The molecule has 1 N–H and O–H groups in total. The standard InChI is InChI=1S/C11H10BrNO/c1-7-10(6-12)13-9-5-3-2-4-8(9)11(7)14/h2-5H,6H2,1H3,(H,13,14). The summed E-state index contributed by atoms with van der Waals surface area (Å²) in [4.78, 5) is 15.1. The van der Waals surface area contributed by atoms with Gasteiger partial charge in [-0.2, -0.15) is 0 Å². The summed E-state index contributed by atoms with van der Waals surface area (Å²) in [6.07, 6.45) is 0. The molecule has 0 fully saturated rings. The molecule has 0 radical (unpaired) electrons. The average molecular weight is 252 g/mol. The fraction of sp³-hybridized carbons (Fsp3) is 0.182. The van der Waals surface area contributed by atoms with Gasteiger partial charge in [-0.05, 0) is 19.1 Å². The normalized spacial score (nSPS) is 10.7. The average Bonchev–Trinajstić information content (AvgIpc) is 2.23. The first-order valence-corrected chi connectivity index (χ1v) is 5.52. The summed E-state index contributed by atoms with van der Waals surface area (Å²) in [5.74, 6) is 0. The lowest BCUT2D eigenvalue weighted by atomic mass is 10.1. The maximum Gasteiger partial charge on any atom is 0.192 e. The van der Waals surface area contributed by atoms with E-state index in [4.69, 9.17) is 0 Å². The molecule has 0 bridgehead atoms. The molecule has 2 nitrogen and oxygen atoms in total. The Morgan fingerprint density at radius 3 is 2.79 bits per heavy atom. The molecular formula is C11H10BrNO. The number of hydrogen-bond donors (Lipinski definition) is 1. The predicted molar refractivity (Wildman–Crippen MR) is 61.9 cm³/mol. The molecule has 1 aromatic carbocycles. The van der Waals surface area contributed by atoms with Crippen molar-refractivity contribution in [1.82, 2.24) is 4.98 Å². The highest BCUT2D eigenvalue weighted by molar-refractivity contribution is 9.08. The predicted octanol–water partition coefficient (Wildman–Crippen LogP) is 2.73. The minimum absolute atomic E-state index is 0.119. The van der Waals surface area contributed by atoms with Crippen LogP contribution in [0.4, 0.5) is 0 Å². The van der Waals surface area contributed by atoms with E-state index in [-0.39, 0.29) is 5.43 Å². The summed E-state index contributed by atoms with van der Waals surface area (Å²) < 4.78 is 0. The van der Waals surface area contributed by atoms with Crippen LogP contribution >= 0.6 is 15.9 Å². The van der Waals surface area contributed by atoms with Gasteiger partial charge in [0.05, 0.1) is 0 Å². The van der Waals surface area contributed by atoms with Gasteiger partial charge < -0.3 is 4.98 Å². The van der Waals surface area contributed by atoms with E-state index in [1.54, 1.807) is 0 Å². The van der Waals surface area contributed by atoms with E-state index >= 15 is 0 Å². The van der Waals surface area contributed by atoms with Crippen molar-refractivity contribution in [3.8, 4) is 0 Å². The van der Waals surface area contributed by atoms with Crippen molar-refractivity contribution in [2.24, 2.45) is 0 Å². The van der Waals surface area contributed by atoms with Crippen molar-refractivity contribution in [3.05, 3.63) is 45.7 Å². The Morgan fingerprint density at radius 2 is 2.07 bits per heavy atom. The molecule has 3 heteroatoms. The molecule has 0 saturated carbocycles. The lowest BCUT2D eigenvalue weighted by Gasteiger charge is -2.04. The summed E-state index contributed by atoms with van der Waals surface area (Å²) in [6, 6.07) is 7.57. The Labute approximate surface area is 90.1 Å². The van der Waals surface area contributed by atoms with Crippen LogP contribution in [0.3, 0.4) is 0 Å². The number of halogens is 1. The minimum atomic E-state index is 0.119. The van der Waals surface area contributed by atoms with Crippen molar-refractivity contribution in [2.75, 3.05) is 0 Å². The molecule has 14 heavy (non-hydrogen) atoms. The van der Waals surface area contributed by atoms with E-state index in [9.17, 15) is 4.79 Å². The summed E-state index contributed by atoms with van der Waals surface area (Å²) in [5, 5.41) is 1.44.